The average molecular weight is 413 g/mol. The molecule has 2 rings (SSSR count). The summed E-state index contributed by atoms with van der Waals surface area (Å²) in [6.45, 7) is 1.62. The minimum atomic E-state index is -3.64. The van der Waals surface area contributed by atoms with Crippen LogP contribution in [0.5, 0.6) is 11.5 Å². The van der Waals surface area contributed by atoms with Gasteiger partial charge in [0.05, 0.1) is 22.7 Å². The van der Waals surface area contributed by atoms with E-state index in [1.807, 2.05) is 13.0 Å². The minimum Gasteiger partial charge on any atom is -0.493 e. The predicted molar refractivity (Wildman–Crippen MR) is 104 cm³/mol. The predicted octanol–water partition coefficient (Wildman–Crippen LogP) is 2.92. The highest BCUT2D eigenvalue weighted by Gasteiger charge is 2.19. The molecule has 0 heterocycles. The molecule has 0 aliphatic carbocycles. The molecule has 0 atom stereocenters. The first-order valence-electron chi connectivity index (χ1n) is 7.94. The van der Waals surface area contributed by atoms with Crippen LogP contribution in [-0.4, -0.2) is 46.4 Å². The highest BCUT2D eigenvalue weighted by molar-refractivity contribution is 7.89. The number of aryl methyl sites for hydroxylation is 1. The molecule has 0 fully saturated rings. The molecule has 0 aliphatic rings. The molecule has 0 aromatic heterocycles. The van der Waals surface area contributed by atoms with Gasteiger partial charge in [-0.15, -0.1) is 0 Å². The first kappa shape index (κ1) is 21.0. The smallest absolute Gasteiger partial charge is 0.262 e. The number of carbonyl (C=O) groups excluding carboxylic acids is 1. The molecule has 0 saturated heterocycles. The van der Waals surface area contributed by atoms with E-state index in [1.54, 1.807) is 12.1 Å². The number of carbonyl (C=O) groups is 1. The molecule has 0 radical (unpaired) electrons. The Labute approximate surface area is 163 Å². The Kier molecular flexibility index (Phi) is 6.69. The highest BCUT2D eigenvalue weighted by atomic mass is 35.5. The molecule has 2 aromatic carbocycles. The van der Waals surface area contributed by atoms with Crippen molar-refractivity contribution in [2.45, 2.75) is 11.8 Å². The second kappa shape index (κ2) is 8.60. The SMILES string of the molecule is COc1cc(C)ccc1OCC(=O)Nc1cc(S(=O)(=O)N(C)C)ccc1Cl. The molecular formula is C18H21ClN2O5S. The molecule has 2 aromatic rings. The number of amides is 1. The lowest BCUT2D eigenvalue weighted by Crippen LogP contribution is -2.23. The van der Waals surface area contributed by atoms with Crippen molar-refractivity contribution in [3.8, 4) is 11.5 Å². The van der Waals surface area contributed by atoms with Gasteiger partial charge in [-0.05, 0) is 42.8 Å². The van der Waals surface area contributed by atoms with Gasteiger partial charge in [-0.2, -0.15) is 0 Å². The van der Waals surface area contributed by atoms with Gasteiger partial charge in [0.1, 0.15) is 0 Å². The van der Waals surface area contributed by atoms with E-state index in [1.165, 1.54) is 39.4 Å². The number of hydrogen-bond acceptors (Lipinski definition) is 5. The van der Waals surface area contributed by atoms with Crippen LogP contribution in [0, 0.1) is 6.92 Å². The van der Waals surface area contributed by atoms with Crippen LogP contribution in [-0.2, 0) is 14.8 Å². The van der Waals surface area contributed by atoms with E-state index >= 15 is 0 Å². The van der Waals surface area contributed by atoms with E-state index in [2.05, 4.69) is 5.32 Å². The maximum Gasteiger partial charge on any atom is 0.262 e. The third kappa shape index (κ3) is 5.12. The number of hydrogen-bond donors (Lipinski definition) is 1. The van der Waals surface area contributed by atoms with E-state index in [0.29, 0.717) is 11.5 Å². The van der Waals surface area contributed by atoms with Crippen LogP contribution in [0.25, 0.3) is 0 Å². The van der Waals surface area contributed by atoms with Gasteiger partial charge in [-0.25, -0.2) is 12.7 Å². The second-order valence-electron chi connectivity index (χ2n) is 5.92. The van der Waals surface area contributed by atoms with E-state index in [9.17, 15) is 13.2 Å². The summed E-state index contributed by atoms with van der Waals surface area (Å²) >= 11 is 6.07. The Hall–Kier alpha value is -2.29. The maximum absolute atomic E-state index is 12.2. The average Bonchev–Trinajstić information content (AvgIpc) is 2.62. The molecule has 9 heteroatoms. The zero-order valence-electron chi connectivity index (χ0n) is 15.4. The standard InChI is InChI=1S/C18H21ClN2O5S/c1-12-5-8-16(17(9-12)25-4)26-11-18(22)20-15-10-13(6-7-14(15)19)27(23,24)21(2)3/h5-10H,11H2,1-4H3,(H,20,22). The summed E-state index contributed by atoms with van der Waals surface area (Å²) in [5.74, 6) is 0.451. The maximum atomic E-state index is 12.2. The lowest BCUT2D eigenvalue weighted by Gasteiger charge is -2.14. The number of methoxy groups -OCH3 is 1. The topological polar surface area (TPSA) is 84.9 Å². The number of benzene rings is 2. The number of sulfonamides is 1. The van der Waals surface area contributed by atoms with Gasteiger partial charge >= 0.3 is 0 Å². The van der Waals surface area contributed by atoms with E-state index < -0.39 is 15.9 Å². The Morgan fingerprint density at radius 1 is 1.15 bits per heavy atom. The molecule has 0 spiro atoms. The fourth-order valence-corrected chi connectivity index (χ4v) is 3.29. The highest BCUT2D eigenvalue weighted by Crippen LogP contribution is 2.28. The van der Waals surface area contributed by atoms with Crippen LogP contribution in [0.3, 0.4) is 0 Å². The zero-order chi connectivity index (χ0) is 20.2. The lowest BCUT2D eigenvalue weighted by molar-refractivity contribution is -0.118. The first-order chi connectivity index (χ1) is 12.6. The van der Waals surface area contributed by atoms with E-state index in [0.717, 1.165) is 9.87 Å². The van der Waals surface area contributed by atoms with Gasteiger partial charge in [-0.3, -0.25) is 4.79 Å². The van der Waals surface area contributed by atoms with Gasteiger partial charge in [0.25, 0.3) is 5.91 Å². The molecule has 0 saturated carbocycles. The largest absolute Gasteiger partial charge is 0.493 e. The Balaban J connectivity index is 2.12. The summed E-state index contributed by atoms with van der Waals surface area (Å²) in [5, 5.41) is 2.78. The summed E-state index contributed by atoms with van der Waals surface area (Å²) in [5.41, 5.74) is 1.18. The van der Waals surface area contributed by atoms with Crippen molar-refractivity contribution in [1.29, 1.82) is 0 Å². The van der Waals surface area contributed by atoms with E-state index in [4.69, 9.17) is 21.1 Å². The Bertz CT molecular complexity index is 945. The van der Waals surface area contributed by atoms with Gasteiger partial charge in [-0.1, -0.05) is 17.7 Å². The normalized spacial score (nSPS) is 11.3. The molecule has 146 valence electrons. The number of rotatable bonds is 7. The summed E-state index contributed by atoms with van der Waals surface area (Å²) in [7, 11) is 0.711. The summed E-state index contributed by atoms with van der Waals surface area (Å²) in [6.07, 6.45) is 0. The Morgan fingerprint density at radius 2 is 1.85 bits per heavy atom. The van der Waals surface area contributed by atoms with Crippen molar-refractivity contribution in [1.82, 2.24) is 4.31 Å². The number of anilines is 1. The monoisotopic (exact) mass is 412 g/mol. The summed E-state index contributed by atoms with van der Waals surface area (Å²) in [6, 6.07) is 9.43. The Morgan fingerprint density at radius 3 is 2.48 bits per heavy atom. The van der Waals surface area contributed by atoms with Gasteiger partial charge in [0, 0.05) is 14.1 Å². The summed E-state index contributed by atoms with van der Waals surface area (Å²) < 4.78 is 36.2. The molecule has 0 unspecified atom stereocenters. The fourth-order valence-electron chi connectivity index (χ4n) is 2.20. The second-order valence-corrected chi connectivity index (χ2v) is 8.48. The van der Waals surface area contributed by atoms with Crippen LogP contribution >= 0.6 is 11.6 Å². The first-order valence-corrected chi connectivity index (χ1v) is 9.76. The van der Waals surface area contributed by atoms with Crippen molar-refractivity contribution in [2.75, 3.05) is 33.1 Å². The van der Waals surface area contributed by atoms with Gasteiger partial charge in [0.15, 0.2) is 18.1 Å². The van der Waals surface area contributed by atoms with E-state index in [-0.39, 0.29) is 22.2 Å². The number of nitrogens with one attached hydrogen (secondary N) is 1. The van der Waals surface area contributed by atoms with Crippen LogP contribution in [0.15, 0.2) is 41.3 Å². The third-order valence-electron chi connectivity index (χ3n) is 3.67. The van der Waals surface area contributed by atoms with Crippen LogP contribution in [0.4, 0.5) is 5.69 Å². The van der Waals surface area contributed by atoms with Crippen molar-refractivity contribution in [3.63, 3.8) is 0 Å². The lowest BCUT2D eigenvalue weighted by atomic mass is 10.2. The third-order valence-corrected chi connectivity index (χ3v) is 5.81. The molecular weight excluding hydrogens is 392 g/mol. The molecule has 0 aliphatic heterocycles. The fraction of sp³-hybridized carbons (Fsp3) is 0.278. The zero-order valence-corrected chi connectivity index (χ0v) is 17.0. The number of nitrogens with zero attached hydrogens (tertiary/aromatic N) is 1. The van der Waals surface area contributed by atoms with Crippen molar-refractivity contribution in [2.24, 2.45) is 0 Å². The van der Waals surface area contributed by atoms with Gasteiger partial charge in [0.2, 0.25) is 10.0 Å². The summed E-state index contributed by atoms with van der Waals surface area (Å²) in [4.78, 5) is 12.2. The molecule has 27 heavy (non-hydrogen) atoms. The van der Waals surface area contributed by atoms with Crippen LogP contribution < -0.4 is 14.8 Å². The molecule has 1 N–H and O–H groups in total. The minimum absolute atomic E-state index is 0.0216. The van der Waals surface area contributed by atoms with Crippen LogP contribution in [0.2, 0.25) is 5.02 Å². The van der Waals surface area contributed by atoms with Crippen molar-refractivity contribution < 1.29 is 22.7 Å². The quantitative estimate of drug-likeness (QED) is 0.755. The van der Waals surface area contributed by atoms with Crippen LogP contribution in [0.1, 0.15) is 5.56 Å². The number of halogens is 1. The molecule has 1 amide bonds. The van der Waals surface area contributed by atoms with Crippen molar-refractivity contribution >= 4 is 33.2 Å². The number of ether oxygens (including phenoxy) is 2. The van der Waals surface area contributed by atoms with Gasteiger partial charge < -0.3 is 14.8 Å². The molecule has 7 nitrogen and oxygen atoms in total. The molecule has 0 bridgehead atoms. The van der Waals surface area contributed by atoms with Crippen molar-refractivity contribution in [3.05, 3.63) is 47.0 Å².